The molecule has 0 bridgehead atoms. The van der Waals surface area contributed by atoms with Crippen LogP contribution in [0.15, 0.2) is 60.7 Å². The fourth-order valence-corrected chi connectivity index (χ4v) is 2.95. The smallest absolute Gasteiger partial charge is 0.168 e. The van der Waals surface area contributed by atoms with Crippen LogP contribution >= 0.6 is 0 Å². The van der Waals surface area contributed by atoms with Crippen LogP contribution in [0.25, 0.3) is 27.9 Å². The number of benzene rings is 2. The highest BCUT2D eigenvalue weighted by atomic mass is 15.3. The molecule has 3 aromatic rings. The molecule has 0 radical (unpaired) electrons. The van der Waals surface area contributed by atoms with Gasteiger partial charge >= 0.3 is 0 Å². The Kier molecular flexibility index (Phi) is 3.11. The van der Waals surface area contributed by atoms with Crippen molar-refractivity contribution in [1.29, 1.82) is 0 Å². The summed E-state index contributed by atoms with van der Waals surface area (Å²) < 4.78 is 2.14. The molecule has 1 heterocycles. The highest BCUT2D eigenvalue weighted by Gasteiger charge is 2.14. The average Bonchev–Trinajstić information content (AvgIpc) is 2.97. The molecule has 0 atom stereocenters. The van der Waals surface area contributed by atoms with Crippen LogP contribution in [0.1, 0.15) is 18.7 Å². The Bertz CT molecular complexity index is 900. The van der Waals surface area contributed by atoms with E-state index in [1.54, 1.807) is 0 Å². The number of fused-ring (bicyclic) bond motifs is 1. The number of aromatic nitrogens is 3. The standard InChI is InChI=1S/C19H17N3/c1-14-20-21-19(22(14)18-9-3-2-4-10-18)17-12-11-15-7-5-6-8-16(15)13-17/h3,5-13H,2,4H2,1H3. The van der Waals surface area contributed by atoms with Crippen molar-refractivity contribution >= 4 is 16.5 Å². The van der Waals surface area contributed by atoms with Gasteiger partial charge in [-0.05, 0) is 42.7 Å². The summed E-state index contributed by atoms with van der Waals surface area (Å²) >= 11 is 0. The SMILES string of the molecule is Cc1nnc(-c2ccc3ccccc3c2)n1C1=CCCC=C1. The van der Waals surface area contributed by atoms with E-state index in [-0.39, 0.29) is 0 Å². The number of aryl methyl sites for hydroxylation is 1. The van der Waals surface area contributed by atoms with Crippen molar-refractivity contribution in [3.63, 3.8) is 0 Å². The largest absolute Gasteiger partial charge is 0.280 e. The Balaban J connectivity index is 1.88. The Hall–Kier alpha value is -2.68. The fraction of sp³-hybridized carbons (Fsp3) is 0.158. The summed E-state index contributed by atoms with van der Waals surface area (Å²) in [6.45, 7) is 2.00. The van der Waals surface area contributed by atoms with Crippen LogP contribution in [-0.4, -0.2) is 14.8 Å². The molecule has 1 aromatic heterocycles. The Morgan fingerprint density at radius 2 is 1.82 bits per heavy atom. The molecule has 2 aromatic carbocycles. The molecule has 3 heteroatoms. The Morgan fingerprint density at radius 1 is 0.955 bits per heavy atom. The monoisotopic (exact) mass is 287 g/mol. The molecule has 108 valence electrons. The minimum Gasteiger partial charge on any atom is -0.280 e. The maximum Gasteiger partial charge on any atom is 0.168 e. The molecular weight excluding hydrogens is 270 g/mol. The molecule has 0 saturated heterocycles. The van der Waals surface area contributed by atoms with Gasteiger partial charge in [0.05, 0.1) is 0 Å². The second kappa shape index (κ2) is 5.26. The van der Waals surface area contributed by atoms with Gasteiger partial charge in [-0.15, -0.1) is 10.2 Å². The second-order valence-corrected chi connectivity index (χ2v) is 5.58. The minimum atomic E-state index is 0.904. The van der Waals surface area contributed by atoms with Gasteiger partial charge in [-0.2, -0.15) is 0 Å². The molecule has 0 fully saturated rings. The average molecular weight is 287 g/mol. The van der Waals surface area contributed by atoms with Crippen molar-refractivity contribution in [2.75, 3.05) is 0 Å². The summed E-state index contributed by atoms with van der Waals surface area (Å²) in [4.78, 5) is 0. The zero-order chi connectivity index (χ0) is 14.9. The third-order valence-corrected chi connectivity index (χ3v) is 4.07. The van der Waals surface area contributed by atoms with Crippen LogP contribution in [0.5, 0.6) is 0 Å². The van der Waals surface area contributed by atoms with Crippen molar-refractivity contribution in [1.82, 2.24) is 14.8 Å². The zero-order valence-corrected chi connectivity index (χ0v) is 12.5. The first-order chi connectivity index (χ1) is 10.8. The van der Waals surface area contributed by atoms with Crippen molar-refractivity contribution in [3.8, 4) is 11.4 Å². The summed E-state index contributed by atoms with van der Waals surface area (Å²) in [5, 5.41) is 11.2. The van der Waals surface area contributed by atoms with Crippen molar-refractivity contribution in [2.45, 2.75) is 19.8 Å². The van der Waals surface area contributed by atoms with Gasteiger partial charge in [0.25, 0.3) is 0 Å². The topological polar surface area (TPSA) is 30.7 Å². The molecular formula is C19H17N3. The lowest BCUT2D eigenvalue weighted by Crippen LogP contribution is -2.02. The van der Waals surface area contributed by atoms with Crippen LogP contribution in [0.3, 0.4) is 0 Å². The second-order valence-electron chi connectivity index (χ2n) is 5.58. The van der Waals surface area contributed by atoms with E-state index < -0.39 is 0 Å². The highest BCUT2D eigenvalue weighted by Crippen LogP contribution is 2.27. The van der Waals surface area contributed by atoms with Gasteiger partial charge in [-0.3, -0.25) is 4.57 Å². The van der Waals surface area contributed by atoms with E-state index in [9.17, 15) is 0 Å². The third-order valence-electron chi connectivity index (χ3n) is 4.07. The van der Waals surface area contributed by atoms with E-state index in [0.29, 0.717) is 0 Å². The molecule has 0 saturated carbocycles. The fourth-order valence-electron chi connectivity index (χ4n) is 2.95. The molecule has 1 aliphatic rings. The molecule has 0 unspecified atom stereocenters. The van der Waals surface area contributed by atoms with Crippen molar-refractivity contribution in [2.24, 2.45) is 0 Å². The number of nitrogens with zero attached hydrogens (tertiary/aromatic N) is 3. The number of hydrogen-bond donors (Lipinski definition) is 0. The predicted octanol–water partition coefficient (Wildman–Crippen LogP) is 4.60. The minimum absolute atomic E-state index is 0.904. The molecule has 0 N–H and O–H groups in total. The lowest BCUT2D eigenvalue weighted by atomic mass is 10.1. The van der Waals surface area contributed by atoms with E-state index in [1.165, 1.54) is 10.8 Å². The van der Waals surface area contributed by atoms with E-state index in [4.69, 9.17) is 0 Å². The molecule has 1 aliphatic carbocycles. The van der Waals surface area contributed by atoms with Gasteiger partial charge in [0.1, 0.15) is 5.82 Å². The number of hydrogen-bond acceptors (Lipinski definition) is 2. The first-order valence-electron chi connectivity index (χ1n) is 7.61. The molecule has 0 aliphatic heterocycles. The van der Waals surface area contributed by atoms with Crippen LogP contribution in [-0.2, 0) is 0 Å². The first-order valence-corrected chi connectivity index (χ1v) is 7.61. The van der Waals surface area contributed by atoms with Gasteiger partial charge < -0.3 is 0 Å². The Labute approximate surface area is 129 Å². The molecule has 3 nitrogen and oxygen atoms in total. The van der Waals surface area contributed by atoms with Gasteiger partial charge in [0.15, 0.2) is 5.82 Å². The number of rotatable bonds is 2. The Morgan fingerprint density at radius 3 is 2.64 bits per heavy atom. The normalized spacial score (nSPS) is 14.3. The molecule has 0 spiro atoms. The maximum atomic E-state index is 4.41. The van der Waals surface area contributed by atoms with Gasteiger partial charge in [0, 0.05) is 11.3 Å². The van der Waals surface area contributed by atoms with Gasteiger partial charge in [-0.25, -0.2) is 0 Å². The first kappa shape index (κ1) is 13.0. The highest BCUT2D eigenvalue weighted by molar-refractivity contribution is 5.86. The van der Waals surface area contributed by atoms with Gasteiger partial charge in [0.2, 0.25) is 0 Å². The molecule has 4 rings (SSSR count). The third kappa shape index (κ3) is 2.15. The van der Waals surface area contributed by atoms with Crippen LogP contribution in [0.2, 0.25) is 0 Å². The van der Waals surface area contributed by atoms with Gasteiger partial charge in [-0.1, -0.05) is 48.6 Å². The predicted molar refractivity (Wildman–Crippen MR) is 90.3 cm³/mol. The lowest BCUT2D eigenvalue weighted by molar-refractivity contribution is 0.961. The summed E-state index contributed by atoms with van der Waals surface area (Å²) in [6, 6.07) is 14.8. The zero-order valence-electron chi connectivity index (χ0n) is 12.5. The molecule has 0 amide bonds. The maximum absolute atomic E-state index is 4.41. The summed E-state index contributed by atoms with van der Waals surface area (Å²) in [5.74, 6) is 1.82. The summed E-state index contributed by atoms with van der Waals surface area (Å²) in [5.41, 5.74) is 2.26. The van der Waals surface area contributed by atoms with E-state index in [2.05, 4.69) is 75.5 Å². The summed E-state index contributed by atoms with van der Waals surface area (Å²) in [6.07, 6.45) is 8.79. The van der Waals surface area contributed by atoms with Crippen LogP contribution < -0.4 is 0 Å². The van der Waals surface area contributed by atoms with Crippen LogP contribution in [0.4, 0.5) is 0 Å². The van der Waals surface area contributed by atoms with E-state index >= 15 is 0 Å². The lowest BCUT2D eigenvalue weighted by Gasteiger charge is -2.13. The summed E-state index contributed by atoms with van der Waals surface area (Å²) in [7, 11) is 0. The van der Waals surface area contributed by atoms with E-state index in [0.717, 1.165) is 35.8 Å². The quantitative estimate of drug-likeness (QED) is 0.689. The van der Waals surface area contributed by atoms with Crippen LogP contribution in [0, 0.1) is 6.92 Å². The van der Waals surface area contributed by atoms with Crippen molar-refractivity contribution in [3.05, 3.63) is 66.5 Å². The number of allylic oxidation sites excluding steroid dienone is 4. The van der Waals surface area contributed by atoms with E-state index in [1.807, 2.05) is 6.92 Å². The molecule has 22 heavy (non-hydrogen) atoms. The van der Waals surface area contributed by atoms with Crippen molar-refractivity contribution < 1.29 is 0 Å².